The van der Waals surface area contributed by atoms with Crippen LogP contribution in [0.15, 0.2) is 47.1 Å². The van der Waals surface area contributed by atoms with Gasteiger partial charge in [0.05, 0.1) is 0 Å². The van der Waals surface area contributed by atoms with E-state index in [0.29, 0.717) is 0 Å². The van der Waals surface area contributed by atoms with Crippen molar-refractivity contribution in [2.24, 2.45) is 5.41 Å². The van der Waals surface area contributed by atoms with Crippen LogP contribution in [0.3, 0.4) is 0 Å². The first-order chi connectivity index (χ1) is 9.42. The van der Waals surface area contributed by atoms with E-state index in [0.717, 1.165) is 3.63 Å². The van der Waals surface area contributed by atoms with Crippen molar-refractivity contribution >= 4 is 0 Å². The first kappa shape index (κ1) is 16.2. The van der Waals surface area contributed by atoms with E-state index in [9.17, 15) is 0 Å². The Morgan fingerprint density at radius 1 is 1.15 bits per heavy atom. The van der Waals surface area contributed by atoms with Gasteiger partial charge in [-0.25, -0.2) is 0 Å². The molecule has 3 rings (SSSR count). The molecule has 108 valence electrons. The molecule has 1 unspecified atom stereocenters. The van der Waals surface area contributed by atoms with Gasteiger partial charge in [0.1, 0.15) is 0 Å². The van der Waals surface area contributed by atoms with E-state index in [1.807, 2.05) is 0 Å². The molecular formula is C19H28Zr. The summed E-state index contributed by atoms with van der Waals surface area (Å²) < 4.78 is 5.78. The molecule has 0 heterocycles. The van der Waals surface area contributed by atoms with Crippen LogP contribution in [0.1, 0.15) is 39.5 Å². The predicted molar refractivity (Wildman–Crippen MR) is 86.5 cm³/mol. The summed E-state index contributed by atoms with van der Waals surface area (Å²) in [6, 6.07) is 0. The zero-order valence-electron chi connectivity index (χ0n) is 13.5. The number of allylic oxidation sites excluding steroid dienone is 8. The van der Waals surface area contributed by atoms with Crippen molar-refractivity contribution in [3.63, 3.8) is 0 Å². The summed E-state index contributed by atoms with van der Waals surface area (Å²) in [5.41, 5.74) is 4.85. The SMILES string of the molecule is [CH2]C1(C)C=C(C)C2=C1CCCC2.[CH3][Zr]([CH3])[CH]1C=CC=C1. The molecule has 3 aliphatic carbocycles. The van der Waals surface area contributed by atoms with Gasteiger partial charge < -0.3 is 0 Å². The Hall–Kier alpha value is -0.157. The van der Waals surface area contributed by atoms with Crippen molar-refractivity contribution in [2.45, 2.75) is 52.4 Å². The second kappa shape index (κ2) is 6.74. The molecule has 3 aliphatic rings. The Labute approximate surface area is 133 Å². The van der Waals surface area contributed by atoms with Crippen molar-refractivity contribution < 1.29 is 21.8 Å². The van der Waals surface area contributed by atoms with E-state index in [4.69, 9.17) is 0 Å². The maximum atomic E-state index is 4.27. The van der Waals surface area contributed by atoms with Gasteiger partial charge in [0.2, 0.25) is 0 Å². The van der Waals surface area contributed by atoms with Crippen LogP contribution in [0.4, 0.5) is 0 Å². The van der Waals surface area contributed by atoms with Gasteiger partial charge in [0.15, 0.2) is 0 Å². The number of rotatable bonds is 1. The molecule has 0 amide bonds. The standard InChI is InChI=1S/C12H17.C5H5.2CH3.Zr/c1-9-8-12(2,3)11-7-5-4-6-10(9)11;1-2-4-5-3-1;;;/h8H,2,4-7H2,1,3H3;1-5H;2*1H3;. The molecule has 0 bridgehead atoms. The average Bonchev–Trinajstić information content (AvgIpc) is 2.99. The molecule has 0 aromatic heterocycles. The first-order valence-electron chi connectivity index (χ1n) is 7.84. The molecule has 0 spiro atoms. The Morgan fingerprint density at radius 3 is 2.25 bits per heavy atom. The van der Waals surface area contributed by atoms with Gasteiger partial charge in [-0.05, 0) is 45.1 Å². The third kappa shape index (κ3) is 3.73. The first-order valence-corrected chi connectivity index (χ1v) is 14.2. The fourth-order valence-electron chi connectivity index (χ4n) is 3.44. The molecule has 0 aromatic rings. The average molecular weight is 348 g/mol. The summed E-state index contributed by atoms with van der Waals surface area (Å²) in [6.07, 6.45) is 16.6. The van der Waals surface area contributed by atoms with E-state index in [2.05, 4.69) is 60.4 Å². The van der Waals surface area contributed by atoms with Gasteiger partial charge in [-0.15, -0.1) is 0 Å². The molecule has 0 N–H and O–H groups in total. The molecule has 1 heteroatoms. The normalized spacial score (nSPS) is 23.4. The van der Waals surface area contributed by atoms with E-state index in [-0.39, 0.29) is 5.41 Å². The summed E-state index contributed by atoms with van der Waals surface area (Å²) in [4.78, 5) is 0. The van der Waals surface area contributed by atoms with Crippen LogP contribution in [0.25, 0.3) is 0 Å². The van der Waals surface area contributed by atoms with Crippen LogP contribution in [-0.2, 0) is 21.8 Å². The summed E-state index contributed by atoms with van der Waals surface area (Å²) in [5.74, 6) is 0. The second-order valence-corrected chi connectivity index (χ2v) is 13.7. The summed E-state index contributed by atoms with van der Waals surface area (Å²) in [7, 11) is 0. The van der Waals surface area contributed by atoms with Gasteiger partial charge in [-0.1, -0.05) is 24.1 Å². The zero-order valence-corrected chi connectivity index (χ0v) is 16.0. The molecule has 0 aliphatic heterocycles. The maximum absolute atomic E-state index is 4.27. The number of hydrogen-bond acceptors (Lipinski definition) is 0. The molecule has 1 radical (unpaired) electrons. The Kier molecular flexibility index (Phi) is 5.46. The Balaban J connectivity index is 0.000000160. The van der Waals surface area contributed by atoms with Crippen LogP contribution in [0.5, 0.6) is 0 Å². The molecular weight excluding hydrogens is 319 g/mol. The van der Waals surface area contributed by atoms with E-state index in [1.165, 1.54) is 31.3 Å². The third-order valence-corrected chi connectivity index (χ3v) is 8.81. The molecule has 0 saturated carbocycles. The van der Waals surface area contributed by atoms with Gasteiger partial charge in [-0.2, -0.15) is 0 Å². The monoisotopic (exact) mass is 346 g/mol. The zero-order chi connectivity index (χ0) is 14.8. The Bertz CT molecular complexity index is 460. The van der Waals surface area contributed by atoms with Crippen LogP contribution in [-0.4, -0.2) is 0 Å². The summed E-state index contributed by atoms with van der Waals surface area (Å²) in [6.45, 7) is 8.74. The van der Waals surface area contributed by atoms with Crippen LogP contribution < -0.4 is 0 Å². The topological polar surface area (TPSA) is 0 Å². The molecule has 0 fully saturated rings. The second-order valence-electron chi connectivity index (χ2n) is 6.78. The van der Waals surface area contributed by atoms with Crippen molar-refractivity contribution in [3.05, 3.63) is 54.0 Å². The molecule has 20 heavy (non-hydrogen) atoms. The molecule has 0 nitrogen and oxygen atoms in total. The predicted octanol–water partition coefficient (Wildman–Crippen LogP) is 6.27. The van der Waals surface area contributed by atoms with Crippen molar-refractivity contribution in [2.75, 3.05) is 0 Å². The van der Waals surface area contributed by atoms with Crippen molar-refractivity contribution in [1.29, 1.82) is 0 Å². The minimum absolute atomic E-state index is 0.125. The molecule has 0 aromatic carbocycles. The van der Waals surface area contributed by atoms with Crippen molar-refractivity contribution in [1.82, 2.24) is 0 Å². The third-order valence-electron chi connectivity index (χ3n) is 4.58. The van der Waals surface area contributed by atoms with Crippen LogP contribution >= 0.6 is 0 Å². The van der Waals surface area contributed by atoms with Gasteiger partial charge >= 0.3 is 58.9 Å². The quantitative estimate of drug-likeness (QED) is 0.524. The summed E-state index contributed by atoms with van der Waals surface area (Å²) in [5, 5.41) is 0. The fraction of sp³-hybridized carbons (Fsp3) is 0.526. The van der Waals surface area contributed by atoms with Crippen LogP contribution in [0, 0.1) is 12.3 Å². The van der Waals surface area contributed by atoms with Gasteiger partial charge in [-0.3, -0.25) is 0 Å². The van der Waals surface area contributed by atoms with E-state index >= 15 is 0 Å². The van der Waals surface area contributed by atoms with Gasteiger partial charge in [0.25, 0.3) is 0 Å². The molecule has 0 saturated heterocycles. The Morgan fingerprint density at radius 2 is 1.75 bits per heavy atom. The number of hydrogen-bond donors (Lipinski definition) is 0. The van der Waals surface area contributed by atoms with Gasteiger partial charge in [0, 0.05) is 5.41 Å². The van der Waals surface area contributed by atoms with Crippen molar-refractivity contribution in [3.8, 4) is 0 Å². The van der Waals surface area contributed by atoms with Crippen LogP contribution in [0.2, 0.25) is 12.9 Å². The minimum atomic E-state index is -0.881. The van der Waals surface area contributed by atoms with E-state index < -0.39 is 21.8 Å². The molecule has 1 atom stereocenters. The van der Waals surface area contributed by atoms with E-state index in [1.54, 1.807) is 11.1 Å². The summed E-state index contributed by atoms with van der Waals surface area (Å²) >= 11 is -0.881. The fourth-order valence-corrected chi connectivity index (χ4v) is 5.88.